The smallest absolute Gasteiger partial charge is 0.139 e. The maximum absolute atomic E-state index is 5.35. The number of fused-ring (bicyclic) bond motifs is 3. The number of benzene rings is 4. The largest absolute Gasteiger partial charge is 0.357 e. The van der Waals surface area contributed by atoms with Crippen LogP contribution in [0.2, 0.25) is 0 Å². The fraction of sp³-hybridized carbons (Fsp3) is 0.0833. The molecule has 0 bridgehead atoms. The number of nitrogens with one attached hydrogen (secondary N) is 1. The molecule has 0 saturated carbocycles. The fourth-order valence-corrected chi connectivity index (χ4v) is 6.23. The number of anilines is 1. The van der Waals surface area contributed by atoms with E-state index in [-0.39, 0.29) is 6.04 Å². The van der Waals surface area contributed by atoms with Gasteiger partial charge >= 0.3 is 0 Å². The minimum atomic E-state index is -0.0434. The molecule has 2 aliphatic heterocycles. The van der Waals surface area contributed by atoms with E-state index < -0.39 is 0 Å². The summed E-state index contributed by atoms with van der Waals surface area (Å²) in [5.74, 6) is 0.914. The average molecular weight is 536 g/mol. The number of aliphatic imine (C=N–C) groups is 1. The Morgan fingerprint density at radius 1 is 0.700 bits per heavy atom. The van der Waals surface area contributed by atoms with Gasteiger partial charge in [-0.2, -0.15) is 0 Å². The first kappa shape index (κ1) is 24.5. The second kappa shape index (κ2) is 10.6. The van der Waals surface area contributed by atoms with E-state index in [4.69, 9.17) is 17.6 Å². The molecule has 0 fully saturated rings. The highest BCUT2D eigenvalue weighted by atomic mass is 32.1. The Bertz CT molecular complexity index is 1730. The Morgan fingerprint density at radius 3 is 2.08 bits per heavy atom. The first-order valence-electron chi connectivity index (χ1n) is 13.7. The van der Waals surface area contributed by atoms with Gasteiger partial charge in [0, 0.05) is 22.9 Å². The van der Waals surface area contributed by atoms with Gasteiger partial charge in [-0.05, 0) is 41.2 Å². The molecule has 1 aliphatic carbocycles. The Hall–Kier alpha value is -4.54. The zero-order valence-corrected chi connectivity index (χ0v) is 22.9. The molecule has 1 N–H and O–H groups in total. The standard InChI is InChI=1S/C36H29N3S/c40-36-33(26-16-6-2-7-17-26)30-22-11-10-20-28(30)29-21-12-13-23-32(29)39(36)35-34(27-18-8-3-9-19-27)37-24-31(38-35)25-14-4-1-5-15-25/h2-4,6-24,31,38,40H,1,5H2. The van der Waals surface area contributed by atoms with Crippen molar-refractivity contribution in [2.24, 2.45) is 4.99 Å². The Kier molecular flexibility index (Phi) is 6.46. The summed E-state index contributed by atoms with van der Waals surface area (Å²) in [6.07, 6.45) is 10.9. The van der Waals surface area contributed by atoms with E-state index in [0.29, 0.717) is 0 Å². The van der Waals surface area contributed by atoms with Crippen molar-refractivity contribution in [2.75, 3.05) is 4.90 Å². The summed E-state index contributed by atoms with van der Waals surface area (Å²) in [4.78, 5) is 7.38. The van der Waals surface area contributed by atoms with Gasteiger partial charge in [0.05, 0.1) is 16.8 Å². The van der Waals surface area contributed by atoms with Crippen molar-refractivity contribution in [3.05, 3.63) is 161 Å². The molecule has 3 aliphatic rings. The molecule has 4 aromatic rings. The average Bonchev–Trinajstić information content (AvgIpc) is 3.14. The van der Waals surface area contributed by atoms with Gasteiger partial charge in [-0.25, -0.2) is 0 Å². The molecular formula is C36H29N3S. The van der Waals surface area contributed by atoms with E-state index in [9.17, 15) is 0 Å². The van der Waals surface area contributed by atoms with Crippen LogP contribution in [0.25, 0.3) is 22.4 Å². The maximum atomic E-state index is 5.35. The molecule has 40 heavy (non-hydrogen) atoms. The number of para-hydroxylation sites is 1. The Morgan fingerprint density at radius 2 is 1.35 bits per heavy atom. The monoisotopic (exact) mass is 535 g/mol. The zero-order chi connectivity index (χ0) is 26.9. The molecule has 1 atom stereocenters. The van der Waals surface area contributed by atoms with Crippen LogP contribution in [-0.2, 0) is 0 Å². The van der Waals surface area contributed by atoms with Gasteiger partial charge in [0.25, 0.3) is 0 Å². The molecule has 0 radical (unpaired) electrons. The summed E-state index contributed by atoms with van der Waals surface area (Å²) in [6, 6.07) is 38.1. The molecule has 4 heteroatoms. The van der Waals surface area contributed by atoms with Crippen molar-refractivity contribution < 1.29 is 0 Å². The molecule has 1 unspecified atom stereocenters. The van der Waals surface area contributed by atoms with Gasteiger partial charge in [0.1, 0.15) is 11.5 Å². The first-order chi connectivity index (χ1) is 19.8. The molecule has 194 valence electrons. The lowest BCUT2D eigenvalue weighted by molar-refractivity contribution is 0.759. The normalized spacial score (nSPS) is 18.1. The molecule has 2 heterocycles. The minimum Gasteiger partial charge on any atom is -0.357 e. The molecule has 0 aromatic heterocycles. The predicted octanol–water partition coefficient (Wildman–Crippen LogP) is 8.47. The van der Waals surface area contributed by atoms with Gasteiger partial charge in [0.15, 0.2) is 0 Å². The van der Waals surface area contributed by atoms with Crippen molar-refractivity contribution >= 4 is 35.8 Å². The summed E-state index contributed by atoms with van der Waals surface area (Å²) >= 11 is 5.35. The lowest BCUT2D eigenvalue weighted by Gasteiger charge is -2.35. The van der Waals surface area contributed by atoms with E-state index in [1.54, 1.807) is 0 Å². The molecule has 0 saturated heterocycles. The van der Waals surface area contributed by atoms with Crippen LogP contribution in [0.1, 0.15) is 29.5 Å². The van der Waals surface area contributed by atoms with Crippen molar-refractivity contribution in [3.63, 3.8) is 0 Å². The Labute approximate surface area is 241 Å². The third kappa shape index (κ3) is 4.31. The highest BCUT2D eigenvalue weighted by Crippen LogP contribution is 2.47. The summed E-state index contributed by atoms with van der Waals surface area (Å²) in [5.41, 5.74) is 9.93. The number of hydrogen-bond donors (Lipinski definition) is 2. The Balaban J connectivity index is 1.52. The quantitative estimate of drug-likeness (QED) is 0.257. The van der Waals surface area contributed by atoms with Crippen LogP contribution in [-0.4, -0.2) is 12.3 Å². The van der Waals surface area contributed by atoms with E-state index in [2.05, 4.69) is 132 Å². The number of hydrogen-bond acceptors (Lipinski definition) is 4. The molecule has 0 amide bonds. The van der Waals surface area contributed by atoms with Gasteiger partial charge in [-0.1, -0.05) is 121 Å². The summed E-state index contributed by atoms with van der Waals surface area (Å²) in [5, 5.41) is 4.74. The van der Waals surface area contributed by atoms with Crippen molar-refractivity contribution in [1.82, 2.24) is 5.32 Å². The van der Waals surface area contributed by atoms with Crippen LogP contribution in [0.15, 0.2) is 149 Å². The SMILES string of the molecule is SC1=C(c2ccccc2)c2ccccc2-c2ccccc2N1C1=C(c2ccccc2)N=CC(C2=CCCC=C2)N1. The van der Waals surface area contributed by atoms with E-state index in [1.165, 1.54) is 11.1 Å². The van der Waals surface area contributed by atoms with Crippen LogP contribution in [0.3, 0.4) is 0 Å². The topological polar surface area (TPSA) is 27.6 Å². The molecule has 7 rings (SSSR count). The van der Waals surface area contributed by atoms with Gasteiger partial charge in [-0.15, -0.1) is 12.6 Å². The number of rotatable bonds is 4. The van der Waals surface area contributed by atoms with Crippen molar-refractivity contribution in [1.29, 1.82) is 0 Å². The molecular weight excluding hydrogens is 506 g/mol. The summed E-state index contributed by atoms with van der Waals surface area (Å²) in [7, 11) is 0. The van der Waals surface area contributed by atoms with Gasteiger partial charge < -0.3 is 5.32 Å². The predicted molar refractivity (Wildman–Crippen MR) is 171 cm³/mol. The highest BCUT2D eigenvalue weighted by molar-refractivity contribution is 7.85. The number of allylic oxidation sites excluding steroid dienone is 2. The van der Waals surface area contributed by atoms with E-state index >= 15 is 0 Å². The highest BCUT2D eigenvalue weighted by Gasteiger charge is 2.32. The van der Waals surface area contributed by atoms with Crippen molar-refractivity contribution in [2.45, 2.75) is 18.9 Å². The van der Waals surface area contributed by atoms with Crippen molar-refractivity contribution in [3.8, 4) is 11.1 Å². The second-order valence-electron chi connectivity index (χ2n) is 10.1. The van der Waals surface area contributed by atoms with Crippen LogP contribution >= 0.6 is 12.6 Å². The number of nitrogens with zero attached hydrogens (tertiary/aromatic N) is 2. The van der Waals surface area contributed by atoms with Gasteiger partial charge in [0.2, 0.25) is 0 Å². The van der Waals surface area contributed by atoms with Crippen LogP contribution in [0.4, 0.5) is 5.69 Å². The number of thiol groups is 1. The fourth-order valence-electron chi connectivity index (χ4n) is 5.77. The third-order valence-corrected chi connectivity index (χ3v) is 8.08. The first-order valence-corrected chi connectivity index (χ1v) is 14.2. The maximum Gasteiger partial charge on any atom is 0.139 e. The molecule has 3 nitrogen and oxygen atoms in total. The second-order valence-corrected chi connectivity index (χ2v) is 10.5. The van der Waals surface area contributed by atoms with E-state index in [0.717, 1.165) is 62.9 Å². The van der Waals surface area contributed by atoms with Crippen LogP contribution in [0, 0.1) is 0 Å². The third-order valence-electron chi connectivity index (χ3n) is 7.65. The molecule has 4 aromatic carbocycles. The lowest BCUT2D eigenvalue weighted by atomic mass is 9.92. The summed E-state index contributed by atoms with van der Waals surface area (Å²) < 4.78 is 0. The van der Waals surface area contributed by atoms with Gasteiger partial charge in [-0.3, -0.25) is 9.89 Å². The lowest BCUT2D eigenvalue weighted by Crippen LogP contribution is -2.42. The van der Waals surface area contributed by atoms with E-state index in [1.807, 2.05) is 12.3 Å². The molecule has 0 spiro atoms. The summed E-state index contributed by atoms with van der Waals surface area (Å²) in [6.45, 7) is 0. The van der Waals surface area contributed by atoms with Crippen LogP contribution in [0.5, 0.6) is 0 Å². The minimum absolute atomic E-state index is 0.0434. The zero-order valence-electron chi connectivity index (χ0n) is 22.0. The van der Waals surface area contributed by atoms with Crippen LogP contribution < -0.4 is 10.2 Å².